The predicted octanol–water partition coefficient (Wildman–Crippen LogP) is 4.73. The summed E-state index contributed by atoms with van der Waals surface area (Å²) in [6.07, 6.45) is 1.05. The summed E-state index contributed by atoms with van der Waals surface area (Å²) >= 11 is 5.94. The molecule has 0 saturated carbocycles. The van der Waals surface area contributed by atoms with Crippen LogP contribution in [0.5, 0.6) is 17.2 Å². The molecule has 9 heteroatoms. The first kappa shape index (κ1) is 21.3. The van der Waals surface area contributed by atoms with E-state index in [0.29, 0.717) is 12.7 Å². The van der Waals surface area contributed by atoms with Crippen molar-refractivity contribution in [2.24, 2.45) is 0 Å². The number of hydrogen-bond donors (Lipinski definition) is 0. The van der Waals surface area contributed by atoms with E-state index < -0.39 is 22.9 Å². The number of halogens is 3. The number of alkyl halides is 2. The van der Waals surface area contributed by atoms with E-state index in [1.165, 1.54) is 25.3 Å². The van der Waals surface area contributed by atoms with Crippen molar-refractivity contribution in [1.29, 1.82) is 5.26 Å². The van der Waals surface area contributed by atoms with Crippen LogP contribution in [-0.2, 0) is 12.5 Å². The maximum Gasteiger partial charge on any atom is 0.297 e. The Balaban J connectivity index is 2.05. The van der Waals surface area contributed by atoms with Crippen molar-refractivity contribution >= 4 is 11.6 Å². The monoisotopic (exact) mass is 431 g/mol. The van der Waals surface area contributed by atoms with Crippen molar-refractivity contribution in [1.82, 2.24) is 9.55 Å². The van der Waals surface area contributed by atoms with E-state index in [0.717, 1.165) is 16.5 Å². The van der Waals surface area contributed by atoms with E-state index in [9.17, 15) is 13.6 Å². The second-order valence-corrected chi connectivity index (χ2v) is 6.92. The minimum absolute atomic E-state index is 0.0225. The summed E-state index contributed by atoms with van der Waals surface area (Å²) in [5.74, 6) is -3.44. The molecular formula is C21H16ClF2N3O3. The Labute approximate surface area is 175 Å². The zero-order valence-electron chi connectivity index (χ0n) is 16.0. The lowest BCUT2D eigenvalue weighted by atomic mass is 10.2. The quantitative estimate of drug-likeness (QED) is 0.564. The van der Waals surface area contributed by atoms with Gasteiger partial charge in [0.25, 0.3) is 11.5 Å². The van der Waals surface area contributed by atoms with E-state index in [2.05, 4.69) is 4.98 Å². The van der Waals surface area contributed by atoms with Gasteiger partial charge < -0.3 is 9.47 Å². The average Bonchev–Trinajstić information content (AvgIpc) is 2.70. The third kappa shape index (κ3) is 4.75. The molecule has 0 spiro atoms. The number of aromatic nitrogens is 2. The maximum absolute atomic E-state index is 14.1. The molecule has 0 aliphatic carbocycles. The summed E-state index contributed by atoms with van der Waals surface area (Å²) in [6.45, 7) is 0.703. The van der Waals surface area contributed by atoms with Crippen molar-refractivity contribution in [3.63, 3.8) is 0 Å². The fourth-order valence-corrected chi connectivity index (χ4v) is 2.94. The van der Waals surface area contributed by atoms with Gasteiger partial charge >= 0.3 is 0 Å². The molecular weight excluding hydrogens is 416 g/mol. The second kappa shape index (κ2) is 8.51. The molecule has 2 aromatic carbocycles. The molecule has 6 nitrogen and oxygen atoms in total. The largest absolute Gasteiger partial charge is 0.497 e. The molecule has 0 atom stereocenters. The SMILES string of the molecule is COc1ccc(Cn2cnc(C(C)(F)F)c(Oc3cc(Cl)cc(C#N)c3)c2=O)cc1. The van der Waals surface area contributed by atoms with Gasteiger partial charge in [-0.15, -0.1) is 0 Å². The summed E-state index contributed by atoms with van der Waals surface area (Å²) in [5.41, 5.74) is -0.714. The van der Waals surface area contributed by atoms with Crippen molar-refractivity contribution in [3.05, 3.63) is 81.0 Å². The van der Waals surface area contributed by atoms with Gasteiger partial charge in [-0.1, -0.05) is 23.7 Å². The molecule has 0 fully saturated rings. The van der Waals surface area contributed by atoms with Crippen LogP contribution in [0.1, 0.15) is 23.7 Å². The van der Waals surface area contributed by atoms with E-state index >= 15 is 0 Å². The molecule has 3 aromatic rings. The van der Waals surface area contributed by atoms with Crippen LogP contribution in [0, 0.1) is 11.3 Å². The lowest BCUT2D eigenvalue weighted by Gasteiger charge is -2.17. The molecule has 0 amide bonds. The number of ether oxygens (including phenoxy) is 2. The molecule has 1 heterocycles. The minimum atomic E-state index is -3.43. The second-order valence-electron chi connectivity index (χ2n) is 6.48. The van der Waals surface area contributed by atoms with Crippen LogP contribution < -0.4 is 15.0 Å². The maximum atomic E-state index is 14.1. The van der Waals surface area contributed by atoms with Crippen molar-refractivity contribution in [2.45, 2.75) is 19.4 Å². The van der Waals surface area contributed by atoms with Crippen LogP contribution >= 0.6 is 11.6 Å². The first-order chi connectivity index (χ1) is 14.2. The first-order valence-electron chi connectivity index (χ1n) is 8.70. The van der Waals surface area contributed by atoms with E-state index in [1.54, 1.807) is 24.3 Å². The minimum Gasteiger partial charge on any atom is -0.497 e. The normalized spacial score (nSPS) is 11.1. The highest BCUT2D eigenvalue weighted by molar-refractivity contribution is 6.30. The fourth-order valence-electron chi connectivity index (χ4n) is 2.72. The number of rotatable bonds is 6. The third-order valence-electron chi connectivity index (χ3n) is 4.14. The Morgan fingerprint density at radius 2 is 1.90 bits per heavy atom. The molecule has 0 saturated heterocycles. The number of benzene rings is 2. The molecule has 0 bridgehead atoms. The number of hydrogen-bond acceptors (Lipinski definition) is 5. The first-order valence-corrected chi connectivity index (χ1v) is 9.08. The van der Waals surface area contributed by atoms with Crippen LogP contribution in [-0.4, -0.2) is 16.7 Å². The van der Waals surface area contributed by atoms with Gasteiger partial charge in [-0.2, -0.15) is 14.0 Å². The predicted molar refractivity (Wildman–Crippen MR) is 106 cm³/mol. The zero-order chi connectivity index (χ0) is 21.9. The van der Waals surface area contributed by atoms with Crippen molar-refractivity contribution in [2.75, 3.05) is 7.11 Å². The van der Waals surface area contributed by atoms with Gasteiger partial charge in [-0.05, 0) is 35.9 Å². The molecule has 3 rings (SSSR count). The molecule has 30 heavy (non-hydrogen) atoms. The van der Waals surface area contributed by atoms with Gasteiger partial charge in [-0.25, -0.2) is 4.98 Å². The highest BCUT2D eigenvalue weighted by atomic mass is 35.5. The molecule has 0 aliphatic heterocycles. The summed E-state index contributed by atoms with van der Waals surface area (Å²) in [6, 6.07) is 12.8. The molecule has 154 valence electrons. The smallest absolute Gasteiger partial charge is 0.297 e. The highest BCUT2D eigenvalue weighted by Crippen LogP contribution is 2.33. The summed E-state index contributed by atoms with van der Waals surface area (Å²) in [7, 11) is 1.53. The summed E-state index contributed by atoms with van der Waals surface area (Å²) in [4.78, 5) is 16.7. The molecule has 0 N–H and O–H groups in total. The topological polar surface area (TPSA) is 77.1 Å². The van der Waals surface area contributed by atoms with Crippen LogP contribution in [0.4, 0.5) is 8.78 Å². The van der Waals surface area contributed by atoms with Crippen molar-refractivity contribution in [3.8, 4) is 23.3 Å². The Bertz CT molecular complexity index is 1170. The molecule has 0 aliphatic rings. The Morgan fingerprint density at radius 3 is 2.50 bits per heavy atom. The van der Waals surface area contributed by atoms with Crippen LogP contribution in [0.2, 0.25) is 5.02 Å². The van der Waals surface area contributed by atoms with Crippen LogP contribution in [0.3, 0.4) is 0 Å². The van der Waals surface area contributed by atoms with Crippen LogP contribution in [0.25, 0.3) is 0 Å². The molecule has 0 radical (unpaired) electrons. The Morgan fingerprint density at radius 1 is 1.20 bits per heavy atom. The van der Waals surface area contributed by atoms with Gasteiger partial charge in [0.1, 0.15) is 11.5 Å². The van der Waals surface area contributed by atoms with Gasteiger partial charge in [0.15, 0.2) is 5.69 Å². The van der Waals surface area contributed by atoms with E-state index in [1.807, 2.05) is 6.07 Å². The van der Waals surface area contributed by atoms with E-state index in [-0.39, 0.29) is 22.9 Å². The van der Waals surface area contributed by atoms with Gasteiger partial charge in [0.2, 0.25) is 5.75 Å². The van der Waals surface area contributed by atoms with Gasteiger partial charge in [0.05, 0.1) is 31.6 Å². The number of methoxy groups -OCH3 is 1. The van der Waals surface area contributed by atoms with E-state index in [4.69, 9.17) is 26.3 Å². The van der Waals surface area contributed by atoms with Gasteiger partial charge in [0, 0.05) is 11.9 Å². The average molecular weight is 432 g/mol. The molecule has 1 aromatic heterocycles. The Kier molecular flexibility index (Phi) is 6.04. The highest BCUT2D eigenvalue weighted by Gasteiger charge is 2.33. The third-order valence-corrected chi connectivity index (χ3v) is 4.36. The summed E-state index contributed by atoms with van der Waals surface area (Å²) in [5, 5.41) is 9.23. The summed E-state index contributed by atoms with van der Waals surface area (Å²) < 4.78 is 39.9. The number of nitriles is 1. The van der Waals surface area contributed by atoms with Crippen LogP contribution in [0.15, 0.2) is 53.6 Å². The zero-order valence-corrected chi connectivity index (χ0v) is 16.8. The van der Waals surface area contributed by atoms with Gasteiger partial charge in [-0.3, -0.25) is 9.36 Å². The molecule has 0 unspecified atom stereocenters. The lowest BCUT2D eigenvalue weighted by Crippen LogP contribution is -2.27. The number of nitrogens with zero attached hydrogens (tertiary/aromatic N) is 3. The fraction of sp³-hybridized carbons (Fsp3) is 0.190. The standard InChI is InChI=1S/C21H16ClF2N3O3/c1-21(23,24)19-18(30-17-8-14(10-25)7-15(22)9-17)20(28)27(12-26-19)11-13-3-5-16(29-2)6-4-13/h3-9,12H,11H2,1-2H3. The lowest BCUT2D eigenvalue weighted by molar-refractivity contribution is 0.0101. The Hall–Kier alpha value is -3.44. The van der Waals surface area contributed by atoms with Crippen molar-refractivity contribution < 1.29 is 18.3 Å².